The topological polar surface area (TPSA) is 78.7 Å². The Bertz CT molecular complexity index is 1110. The first-order valence-electron chi connectivity index (χ1n) is 10.5. The zero-order chi connectivity index (χ0) is 22.1. The lowest BCUT2D eigenvalue weighted by Crippen LogP contribution is -2.66. The fourth-order valence-corrected chi connectivity index (χ4v) is 5.71. The van der Waals surface area contributed by atoms with Gasteiger partial charge in [0.25, 0.3) is 0 Å². The van der Waals surface area contributed by atoms with Gasteiger partial charge in [0, 0.05) is 29.2 Å². The molecule has 1 saturated heterocycles. The Labute approximate surface area is 180 Å². The van der Waals surface area contributed by atoms with E-state index in [1.807, 2.05) is 4.90 Å². The minimum atomic E-state index is -4.49. The zero-order valence-corrected chi connectivity index (χ0v) is 17.1. The van der Waals surface area contributed by atoms with Gasteiger partial charge in [-0.2, -0.15) is 18.2 Å². The molecule has 2 aromatic heterocycles. The van der Waals surface area contributed by atoms with Crippen LogP contribution in [0.1, 0.15) is 25.0 Å². The van der Waals surface area contributed by atoms with Gasteiger partial charge in [0.2, 0.25) is 5.88 Å². The number of hydrogen-bond donors (Lipinski definition) is 0. The van der Waals surface area contributed by atoms with Crippen molar-refractivity contribution in [3.63, 3.8) is 0 Å². The number of aromatic nitrogens is 3. The number of nitrogens with zero attached hydrogens (tertiary/aromatic N) is 4. The molecule has 1 unspecified atom stereocenters. The normalized spacial score (nSPS) is 29.7. The number of ether oxygens (including phenoxy) is 3. The Balaban J connectivity index is 1.04. The Morgan fingerprint density at radius 1 is 1.16 bits per heavy atom. The Kier molecular flexibility index (Phi) is 4.09. The van der Waals surface area contributed by atoms with E-state index in [1.54, 1.807) is 10.6 Å². The van der Waals surface area contributed by atoms with Crippen molar-refractivity contribution < 1.29 is 27.4 Å². The van der Waals surface area contributed by atoms with Gasteiger partial charge in [-0.05, 0) is 25.3 Å². The van der Waals surface area contributed by atoms with E-state index in [1.165, 1.54) is 6.07 Å². The minimum Gasteiger partial charge on any atom is -0.493 e. The molecule has 3 aliphatic carbocycles. The summed E-state index contributed by atoms with van der Waals surface area (Å²) >= 11 is 0. The quantitative estimate of drug-likeness (QED) is 0.669. The molecule has 8 nitrogen and oxygen atoms in total. The molecular formula is C21H21F3N4O4. The maximum absolute atomic E-state index is 12.8. The average Bonchev–Trinajstić information content (AvgIpc) is 3.28. The molecule has 4 heterocycles. The fraction of sp³-hybridized carbons (Fsp3) is 0.571. The predicted octanol–water partition coefficient (Wildman–Crippen LogP) is 2.46. The summed E-state index contributed by atoms with van der Waals surface area (Å²) in [5.74, 6) is 1.27. The molecule has 5 aliphatic rings. The van der Waals surface area contributed by atoms with Gasteiger partial charge >= 0.3 is 11.9 Å². The van der Waals surface area contributed by atoms with E-state index in [4.69, 9.17) is 14.2 Å². The first-order valence-corrected chi connectivity index (χ1v) is 10.5. The van der Waals surface area contributed by atoms with Crippen LogP contribution in [0.5, 0.6) is 11.6 Å². The highest BCUT2D eigenvalue weighted by Crippen LogP contribution is 2.73. The number of alkyl halides is 3. The van der Waals surface area contributed by atoms with Crippen LogP contribution in [-0.2, 0) is 17.5 Å². The molecule has 2 bridgehead atoms. The van der Waals surface area contributed by atoms with Crippen LogP contribution in [0.15, 0.2) is 29.2 Å². The second-order valence-corrected chi connectivity index (χ2v) is 9.45. The number of hydrogen-bond acceptors (Lipinski definition) is 7. The van der Waals surface area contributed by atoms with Crippen molar-refractivity contribution in [2.45, 2.75) is 38.0 Å². The molecule has 11 heteroatoms. The van der Waals surface area contributed by atoms with E-state index in [9.17, 15) is 18.0 Å². The summed E-state index contributed by atoms with van der Waals surface area (Å²) in [6.45, 7) is 2.46. The maximum atomic E-state index is 12.8. The third kappa shape index (κ3) is 3.13. The highest BCUT2D eigenvalue weighted by molar-refractivity contribution is 5.47. The van der Waals surface area contributed by atoms with E-state index >= 15 is 0 Å². The molecular weight excluding hydrogens is 429 g/mol. The van der Waals surface area contributed by atoms with Crippen molar-refractivity contribution in [2.24, 2.45) is 10.8 Å². The third-order valence-corrected chi connectivity index (χ3v) is 6.98. The van der Waals surface area contributed by atoms with Crippen LogP contribution in [-0.4, -0.2) is 47.1 Å². The summed E-state index contributed by atoms with van der Waals surface area (Å²) in [6.07, 6.45) is -0.748. The third-order valence-electron chi connectivity index (χ3n) is 6.98. The number of rotatable bonds is 6. The van der Waals surface area contributed by atoms with Gasteiger partial charge in [-0.15, -0.1) is 0 Å². The fourth-order valence-electron chi connectivity index (χ4n) is 5.71. The standard InChI is InChI=1S/C21H21F3N4O4/c22-21(23,24)15-3-14(1-2-25-15)31-10-19-7-20(8-19,9-19)11-32-16-4-17-27(18(29)26-16)5-13-6-30-12-28(13)17/h1-4,13H,5-12H2. The number of fused-ring (bicyclic) bond motifs is 3. The van der Waals surface area contributed by atoms with E-state index in [0.717, 1.165) is 37.3 Å². The van der Waals surface area contributed by atoms with Crippen LogP contribution >= 0.6 is 0 Å². The summed E-state index contributed by atoms with van der Waals surface area (Å²) in [4.78, 5) is 21.8. The van der Waals surface area contributed by atoms with Crippen LogP contribution in [0.25, 0.3) is 0 Å². The maximum Gasteiger partial charge on any atom is 0.433 e. The molecule has 0 aromatic carbocycles. The molecule has 170 valence electrons. The van der Waals surface area contributed by atoms with E-state index in [2.05, 4.69) is 9.97 Å². The van der Waals surface area contributed by atoms with Crippen molar-refractivity contribution in [3.8, 4) is 11.6 Å². The lowest BCUT2D eigenvalue weighted by Gasteiger charge is -2.69. The van der Waals surface area contributed by atoms with E-state index in [-0.39, 0.29) is 28.3 Å². The molecule has 2 aliphatic heterocycles. The number of pyridine rings is 1. The van der Waals surface area contributed by atoms with Crippen molar-refractivity contribution in [1.29, 1.82) is 0 Å². The SMILES string of the molecule is O=c1nc(OCC23CC(COc4ccnc(C(F)(F)F)c4)(C2)C3)cc2n1CC1COCN21. The molecule has 0 radical (unpaired) electrons. The number of halogens is 3. The predicted molar refractivity (Wildman–Crippen MR) is 105 cm³/mol. The average molecular weight is 450 g/mol. The summed E-state index contributed by atoms with van der Waals surface area (Å²) in [5, 5.41) is 0. The van der Waals surface area contributed by atoms with E-state index in [0.29, 0.717) is 39.0 Å². The molecule has 1 atom stereocenters. The summed E-state index contributed by atoms with van der Waals surface area (Å²) in [5.41, 5.74) is -1.27. The smallest absolute Gasteiger partial charge is 0.433 e. The first kappa shape index (κ1) is 19.8. The second kappa shape index (κ2) is 6.60. The molecule has 0 N–H and O–H groups in total. The van der Waals surface area contributed by atoms with Crippen molar-refractivity contribution in [2.75, 3.05) is 31.5 Å². The molecule has 2 aromatic rings. The Hall–Kier alpha value is -2.82. The highest BCUT2D eigenvalue weighted by atomic mass is 19.4. The summed E-state index contributed by atoms with van der Waals surface area (Å²) in [7, 11) is 0. The molecule has 3 saturated carbocycles. The molecule has 7 rings (SSSR count). The highest BCUT2D eigenvalue weighted by Gasteiger charge is 2.68. The molecule has 0 spiro atoms. The first-order chi connectivity index (χ1) is 15.2. The van der Waals surface area contributed by atoms with Crippen LogP contribution in [0, 0.1) is 10.8 Å². The zero-order valence-electron chi connectivity index (χ0n) is 17.1. The van der Waals surface area contributed by atoms with E-state index < -0.39 is 11.9 Å². The van der Waals surface area contributed by atoms with Crippen molar-refractivity contribution in [3.05, 3.63) is 40.6 Å². The monoisotopic (exact) mass is 450 g/mol. The van der Waals surface area contributed by atoms with Gasteiger partial charge in [0.05, 0.1) is 32.4 Å². The summed E-state index contributed by atoms with van der Waals surface area (Å²) < 4.78 is 57.1. The van der Waals surface area contributed by atoms with Gasteiger partial charge in [0.1, 0.15) is 24.0 Å². The minimum absolute atomic E-state index is 0.0178. The number of anilines is 1. The Morgan fingerprint density at radius 3 is 2.66 bits per heavy atom. The molecule has 4 fully saturated rings. The summed E-state index contributed by atoms with van der Waals surface area (Å²) in [6, 6.07) is 4.33. The van der Waals surface area contributed by atoms with Crippen molar-refractivity contribution in [1.82, 2.24) is 14.5 Å². The lowest BCUT2D eigenvalue weighted by atomic mass is 9.35. The Morgan fingerprint density at radius 2 is 1.91 bits per heavy atom. The lowest BCUT2D eigenvalue weighted by molar-refractivity contribution is -0.232. The van der Waals surface area contributed by atoms with Gasteiger partial charge < -0.3 is 19.1 Å². The van der Waals surface area contributed by atoms with Crippen LogP contribution < -0.4 is 20.1 Å². The van der Waals surface area contributed by atoms with Crippen LogP contribution in [0.3, 0.4) is 0 Å². The molecule has 32 heavy (non-hydrogen) atoms. The van der Waals surface area contributed by atoms with Gasteiger partial charge in [-0.3, -0.25) is 9.55 Å². The second-order valence-electron chi connectivity index (χ2n) is 9.45. The van der Waals surface area contributed by atoms with Gasteiger partial charge in [0.15, 0.2) is 0 Å². The van der Waals surface area contributed by atoms with Crippen LogP contribution in [0.4, 0.5) is 19.0 Å². The van der Waals surface area contributed by atoms with Gasteiger partial charge in [-0.25, -0.2) is 4.79 Å². The van der Waals surface area contributed by atoms with Gasteiger partial charge in [-0.1, -0.05) is 0 Å². The van der Waals surface area contributed by atoms with Crippen molar-refractivity contribution >= 4 is 5.82 Å². The largest absolute Gasteiger partial charge is 0.493 e. The van der Waals surface area contributed by atoms with Crippen LogP contribution in [0.2, 0.25) is 0 Å². The molecule has 0 amide bonds.